The molecule has 24 heavy (non-hydrogen) atoms. The normalized spacial score (nSPS) is 20.0. The molecule has 0 aliphatic carbocycles. The van der Waals surface area contributed by atoms with Gasteiger partial charge in [0.2, 0.25) is 6.10 Å². The van der Waals surface area contributed by atoms with Crippen LogP contribution >= 0.6 is 0 Å². The van der Waals surface area contributed by atoms with Gasteiger partial charge in [-0.05, 0) is 24.7 Å². The van der Waals surface area contributed by atoms with E-state index < -0.39 is 37.5 Å². The summed E-state index contributed by atoms with van der Waals surface area (Å²) in [5.74, 6) is -1.67. The second-order valence-corrected chi connectivity index (χ2v) is 12.8. The highest BCUT2D eigenvalue weighted by Gasteiger charge is 2.49. The van der Waals surface area contributed by atoms with Gasteiger partial charge >= 0.3 is 17.7 Å². The number of ether oxygens (including phenoxy) is 2. The molecule has 1 saturated heterocycles. The van der Waals surface area contributed by atoms with Crippen molar-refractivity contribution in [2.75, 3.05) is 6.61 Å². The Balaban J connectivity index is 2.91. The molecule has 0 saturated carbocycles. The summed E-state index contributed by atoms with van der Waals surface area (Å²) in [5, 5.41) is -0.127. The van der Waals surface area contributed by atoms with Crippen LogP contribution in [0.5, 0.6) is 0 Å². The second-order valence-electron chi connectivity index (χ2n) is 8.12. The van der Waals surface area contributed by atoms with Crippen LogP contribution in [-0.2, 0) is 23.5 Å². The zero-order valence-corrected chi connectivity index (χ0v) is 16.4. The number of hydrogen-bond donors (Lipinski definition) is 0. The van der Waals surface area contributed by atoms with Crippen LogP contribution < -0.4 is 0 Å². The SMILES string of the molecule is C=C(O[Si](C)(C)C(C)(C)C)C(=[N+]=[N-])C(=O)O[C@H]1C(=O)OCC1(C)C. The van der Waals surface area contributed by atoms with Gasteiger partial charge in [0, 0.05) is 5.41 Å². The molecule has 1 aliphatic rings. The molecule has 0 bridgehead atoms. The molecule has 134 valence electrons. The van der Waals surface area contributed by atoms with Crippen molar-refractivity contribution in [1.29, 1.82) is 0 Å². The summed E-state index contributed by atoms with van der Waals surface area (Å²) in [5.41, 5.74) is 8.08. The summed E-state index contributed by atoms with van der Waals surface area (Å²) in [6.07, 6.45) is -1.07. The van der Waals surface area contributed by atoms with Gasteiger partial charge in [-0.1, -0.05) is 34.6 Å². The minimum atomic E-state index is -2.27. The van der Waals surface area contributed by atoms with Gasteiger partial charge in [0.1, 0.15) is 6.61 Å². The number of esters is 2. The fourth-order valence-corrected chi connectivity index (χ4v) is 2.84. The summed E-state index contributed by atoms with van der Waals surface area (Å²) in [6, 6.07) is 0. The Labute approximate surface area is 143 Å². The van der Waals surface area contributed by atoms with Crippen molar-refractivity contribution in [2.45, 2.75) is 58.9 Å². The van der Waals surface area contributed by atoms with Crippen molar-refractivity contribution in [2.24, 2.45) is 5.41 Å². The van der Waals surface area contributed by atoms with Crippen LogP contribution in [0.4, 0.5) is 0 Å². The van der Waals surface area contributed by atoms with Gasteiger partial charge < -0.3 is 19.4 Å². The van der Waals surface area contributed by atoms with Gasteiger partial charge in [-0.15, -0.1) is 0 Å². The minimum Gasteiger partial charge on any atom is -0.538 e. The molecular weight excluding hydrogens is 328 g/mol. The van der Waals surface area contributed by atoms with Crippen LogP contribution in [0.25, 0.3) is 5.53 Å². The lowest BCUT2D eigenvalue weighted by Gasteiger charge is -2.36. The zero-order valence-electron chi connectivity index (χ0n) is 15.4. The summed E-state index contributed by atoms with van der Waals surface area (Å²) in [7, 11) is -2.27. The van der Waals surface area contributed by atoms with Crippen molar-refractivity contribution in [3.63, 3.8) is 0 Å². The molecule has 1 atom stereocenters. The molecule has 0 aromatic carbocycles. The maximum atomic E-state index is 12.3. The van der Waals surface area contributed by atoms with Gasteiger partial charge in [-0.3, -0.25) is 0 Å². The first kappa shape index (κ1) is 20.1. The predicted molar refractivity (Wildman–Crippen MR) is 90.7 cm³/mol. The molecule has 0 aromatic heterocycles. The van der Waals surface area contributed by atoms with Crippen LogP contribution in [0.3, 0.4) is 0 Å². The molecule has 1 aliphatic heterocycles. The van der Waals surface area contributed by atoms with E-state index in [0.717, 1.165) is 0 Å². The molecule has 0 aromatic rings. The average Bonchev–Trinajstić information content (AvgIpc) is 2.64. The van der Waals surface area contributed by atoms with Crippen molar-refractivity contribution in [3.8, 4) is 0 Å². The Morgan fingerprint density at radius 2 is 1.96 bits per heavy atom. The Hall–Kier alpha value is -1.92. The monoisotopic (exact) mass is 354 g/mol. The van der Waals surface area contributed by atoms with Gasteiger partial charge in [0.25, 0.3) is 8.32 Å². The Morgan fingerprint density at radius 1 is 1.42 bits per heavy atom. The third-order valence-corrected chi connectivity index (χ3v) is 8.85. The molecule has 1 rings (SSSR count). The number of cyclic esters (lactones) is 1. The highest BCUT2D eigenvalue weighted by atomic mass is 28.4. The Morgan fingerprint density at radius 3 is 2.33 bits per heavy atom. The molecule has 0 spiro atoms. The first-order valence-corrected chi connectivity index (χ1v) is 10.6. The van der Waals surface area contributed by atoms with Crippen molar-refractivity contribution >= 4 is 26.0 Å². The topological polar surface area (TPSA) is 98.2 Å². The molecule has 0 unspecified atom stereocenters. The lowest BCUT2D eigenvalue weighted by molar-refractivity contribution is -0.160. The molecule has 0 radical (unpaired) electrons. The third kappa shape index (κ3) is 4.13. The van der Waals surface area contributed by atoms with E-state index in [1.54, 1.807) is 13.8 Å². The fraction of sp³-hybridized carbons (Fsp3) is 0.688. The smallest absolute Gasteiger partial charge is 0.438 e. The van der Waals surface area contributed by atoms with E-state index in [2.05, 4.69) is 11.4 Å². The molecule has 1 fully saturated rings. The molecule has 7 nitrogen and oxygen atoms in total. The van der Waals surface area contributed by atoms with E-state index in [1.165, 1.54) is 0 Å². The third-order valence-electron chi connectivity index (χ3n) is 4.48. The van der Waals surface area contributed by atoms with Crippen LogP contribution in [0, 0.1) is 5.41 Å². The van der Waals surface area contributed by atoms with Crippen molar-refractivity contribution in [3.05, 3.63) is 17.9 Å². The fourth-order valence-electron chi connectivity index (χ4n) is 1.82. The predicted octanol–water partition coefficient (Wildman–Crippen LogP) is 2.69. The number of nitrogens with zero attached hydrogens (tertiary/aromatic N) is 2. The Bertz CT molecular complexity index is 612. The lowest BCUT2D eigenvalue weighted by atomic mass is 9.90. The molecule has 8 heteroatoms. The molecule has 0 N–H and O–H groups in total. The summed E-state index contributed by atoms with van der Waals surface area (Å²) < 4.78 is 16.0. The number of carbonyl (C=O) groups excluding carboxylic acids is 2. The van der Waals surface area contributed by atoms with E-state index in [9.17, 15) is 15.1 Å². The first-order chi connectivity index (χ1) is 10.7. The van der Waals surface area contributed by atoms with E-state index in [4.69, 9.17) is 13.9 Å². The van der Waals surface area contributed by atoms with E-state index >= 15 is 0 Å². The zero-order chi connectivity index (χ0) is 18.9. The molecule has 0 amide bonds. The Kier molecular flexibility index (Phi) is 5.47. The summed E-state index contributed by atoms with van der Waals surface area (Å²) in [6.45, 7) is 17.3. The van der Waals surface area contributed by atoms with Gasteiger partial charge in [0.15, 0.2) is 5.76 Å². The number of carbonyl (C=O) groups is 2. The standard InChI is InChI=1S/C16H26N2O5Si/c1-10(23-24(7,8)15(2,3)4)11(18-17)13(19)22-12-14(20)21-9-16(12,5)6/h12H,1,9H2,2-8H3/t12-/m0/s1. The van der Waals surface area contributed by atoms with Gasteiger partial charge in [-0.2, -0.15) is 4.79 Å². The van der Waals surface area contributed by atoms with E-state index in [1.807, 2.05) is 33.9 Å². The molecular formula is C16H26N2O5Si. The van der Waals surface area contributed by atoms with Gasteiger partial charge in [-0.25, -0.2) is 9.59 Å². The minimum absolute atomic E-state index is 0.0711. The van der Waals surface area contributed by atoms with E-state index in [-0.39, 0.29) is 17.4 Å². The quantitative estimate of drug-likeness (QED) is 0.189. The lowest BCUT2D eigenvalue weighted by Crippen LogP contribution is -2.43. The van der Waals surface area contributed by atoms with Crippen LogP contribution in [0.2, 0.25) is 18.1 Å². The number of rotatable bonds is 5. The highest BCUT2D eigenvalue weighted by molar-refractivity contribution is 6.74. The van der Waals surface area contributed by atoms with E-state index in [0.29, 0.717) is 0 Å². The maximum Gasteiger partial charge on any atom is 0.438 e. The first-order valence-electron chi connectivity index (χ1n) is 7.71. The van der Waals surface area contributed by atoms with Crippen LogP contribution in [0.1, 0.15) is 34.6 Å². The summed E-state index contributed by atoms with van der Waals surface area (Å²) >= 11 is 0. The maximum absolute atomic E-state index is 12.3. The number of hydrogen-bond acceptors (Lipinski definition) is 5. The summed E-state index contributed by atoms with van der Waals surface area (Å²) in [4.78, 5) is 27.0. The second kappa shape index (κ2) is 6.53. The highest BCUT2D eigenvalue weighted by Crippen LogP contribution is 2.38. The largest absolute Gasteiger partial charge is 0.538 e. The van der Waals surface area contributed by atoms with Crippen LogP contribution in [-0.4, -0.2) is 43.5 Å². The van der Waals surface area contributed by atoms with Crippen LogP contribution in [0.15, 0.2) is 12.3 Å². The average molecular weight is 354 g/mol. The van der Waals surface area contributed by atoms with Gasteiger partial charge in [0.05, 0.1) is 0 Å². The van der Waals surface area contributed by atoms with Crippen molar-refractivity contribution in [1.82, 2.24) is 0 Å². The molecule has 1 heterocycles. The van der Waals surface area contributed by atoms with Crippen molar-refractivity contribution < 1.29 is 28.3 Å².